The van der Waals surface area contributed by atoms with Crippen LogP contribution in [0.4, 0.5) is 4.39 Å². The second-order valence-electron chi connectivity index (χ2n) is 7.51. The number of nitrogens with one attached hydrogen (secondary N) is 2. The van der Waals surface area contributed by atoms with Gasteiger partial charge in [-0.15, -0.1) is 0 Å². The summed E-state index contributed by atoms with van der Waals surface area (Å²) >= 11 is 5.32. The van der Waals surface area contributed by atoms with Gasteiger partial charge in [0.2, 0.25) is 0 Å². The molecule has 2 aromatic rings. The molecule has 0 saturated heterocycles. The van der Waals surface area contributed by atoms with Crippen LogP contribution in [0.1, 0.15) is 49.0 Å². The van der Waals surface area contributed by atoms with Crippen molar-refractivity contribution in [1.29, 1.82) is 0 Å². The molecule has 1 aromatic carbocycles. The summed E-state index contributed by atoms with van der Waals surface area (Å²) < 4.78 is 15.3. The number of aromatic amines is 1. The van der Waals surface area contributed by atoms with Crippen molar-refractivity contribution in [2.24, 2.45) is 0 Å². The smallest absolute Gasteiger partial charge is 0.269 e. The lowest BCUT2D eigenvalue weighted by atomic mass is 9.88. The van der Waals surface area contributed by atoms with E-state index in [4.69, 9.17) is 12.2 Å². The molecule has 1 amide bonds. The van der Waals surface area contributed by atoms with Gasteiger partial charge in [0.25, 0.3) is 5.91 Å². The highest BCUT2D eigenvalue weighted by Crippen LogP contribution is 2.30. The third kappa shape index (κ3) is 4.30. The Hall–Kier alpha value is -1.99. The lowest BCUT2D eigenvalue weighted by molar-refractivity contribution is 0.0863. The topological polar surface area (TPSA) is 53.1 Å². The van der Waals surface area contributed by atoms with Crippen LogP contribution in [-0.2, 0) is 0 Å². The number of aromatic nitrogens is 2. The Balaban J connectivity index is 1.80. The molecule has 3 rings (SSSR count). The molecule has 1 fully saturated rings. The molecule has 27 heavy (non-hydrogen) atoms. The van der Waals surface area contributed by atoms with Gasteiger partial charge in [-0.25, -0.2) is 4.39 Å². The van der Waals surface area contributed by atoms with E-state index in [1.54, 1.807) is 22.9 Å². The third-order valence-corrected chi connectivity index (χ3v) is 5.96. The summed E-state index contributed by atoms with van der Waals surface area (Å²) in [6.45, 7) is 0.597. The number of halogens is 1. The molecule has 1 aromatic heterocycles. The number of nitrogens with zero attached hydrogens (tertiary/aromatic N) is 2. The van der Waals surface area contributed by atoms with Crippen molar-refractivity contribution in [3.05, 3.63) is 46.7 Å². The highest BCUT2D eigenvalue weighted by Gasteiger charge is 2.33. The van der Waals surface area contributed by atoms with Crippen LogP contribution in [0.3, 0.4) is 0 Å². The van der Waals surface area contributed by atoms with E-state index in [-0.39, 0.29) is 17.3 Å². The fourth-order valence-corrected chi connectivity index (χ4v) is 4.15. The Bertz CT molecular complexity index is 832. The van der Waals surface area contributed by atoms with Crippen LogP contribution in [0.15, 0.2) is 30.5 Å². The van der Waals surface area contributed by atoms with E-state index < -0.39 is 0 Å². The van der Waals surface area contributed by atoms with Crippen LogP contribution in [0.2, 0.25) is 0 Å². The second-order valence-corrected chi connectivity index (χ2v) is 7.89. The molecule has 1 saturated carbocycles. The Kier molecular flexibility index (Phi) is 6.11. The Labute approximate surface area is 164 Å². The van der Waals surface area contributed by atoms with E-state index in [2.05, 4.69) is 29.3 Å². The van der Waals surface area contributed by atoms with E-state index in [9.17, 15) is 9.18 Å². The zero-order chi connectivity index (χ0) is 19.4. The van der Waals surface area contributed by atoms with Gasteiger partial charge in [0.05, 0.1) is 0 Å². The van der Waals surface area contributed by atoms with Gasteiger partial charge in [-0.2, -0.15) is 0 Å². The monoisotopic (exact) mass is 390 g/mol. The minimum absolute atomic E-state index is 0.0139. The summed E-state index contributed by atoms with van der Waals surface area (Å²) in [5.41, 5.74) is 1.07. The second kappa shape index (κ2) is 8.35. The minimum atomic E-state index is -0.326. The number of hydrogen-bond donors (Lipinski definition) is 2. The molecule has 1 aliphatic rings. The number of amides is 1. The number of H-pyrrole nitrogens is 1. The van der Waals surface area contributed by atoms with Crippen LogP contribution in [0.5, 0.6) is 0 Å². The molecule has 0 spiro atoms. The summed E-state index contributed by atoms with van der Waals surface area (Å²) in [7, 11) is 4.18. The van der Waals surface area contributed by atoms with Gasteiger partial charge >= 0.3 is 0 Å². The summed E-state index contributed by atoms with van der Waals surface area (Å²) in [6, 6.07) is 5.95. The van der Waals surface area contributed by atoms with Gasteiger partial charge in [0, 0.05) is 24.0 Å². The average molecular weight is 391 g/mol. The summed E-state index contributed by atoms with van der Waals surface area (Å²) in [4.78, 5) is 18.1. The molecule has 1 aliphatic carbocycles. The van der Waals surface area contributed by atoms with Crippen LogP contribution >= 0.6 is 12.2 Å². The van der Waals surface area contributed by atoms with E-state index in [1.165, 1.54) is 37.8 Å². The van der Waals surface area contributed by atoms with E-state index in [0.29, 0.717) is 22.7 Å². The molecule has 2 N–H and O–H groups in total. The molecular formula is C20H27FN4OS. The van der Waals surface area contributed by atoms with Crippen molar-refractivity contribution in [2.45, 2.75) is 44.1 Å². The van der Waals surface area contributed by atoms with Crippen LogP contribution in [-0.4, -0.2) is 46.5 Å². The van der Waals surface area contributed by atoms with Crippen LogP contribution in [0, 0.1) is 10.6 Å². The number of hydrogen-bond acceptors (Lipinski definition) is 3. The number of likely N-dealkylation sites (N-methyl/N-ethyl adjacent to an activating group) is 1. The van der Waals surface area contributed by atoms with Crippen molar-refractivity contribution < 1.29 is 9.18 Å². The molecule has 0 radical (unpaired) electrons. The summed E-state index contributed by atoms with van der Waals surface area (Å²) in [6.07, 6.45) is 8.65. The third-order valence-electron chi connectivity index (χ3n) is 5.65. The normalized spacial score (nSPS) is 16.9. The van der Waals surface area contributed by atoms with Crippen molar-refractivity contribution in [3.8, 4) is 5.69 Å². The quantitative estimate of drug-likeness (QED) is 0.598. The lowest BCUT2D eigenvalue weighted by Crippen LogP contribution is -2.52. The molecule has 5 nitrogen and oxygen atoms in total. The van der Waals surface area contributed by atoms with Gasteiger partial charge in [-0.1, -0.05) is 25.7 Å². The Morgan fingerprint density at radius 1 is 1.22 bits per heavy atom. The van der Waals surface area contributed by atoms with Crippen LogP contribution < -0.4 is 5.32 Å². The average Bonchev–Trinajstić information content (AvgIpc) is 2.88. The molecular weight excluding hydrogens is 363 g/mol. The molecule has 0 unspecified atom stereocenters. The Morgan fingerprint density at radius 3 is 2.44 bits per heavy atom. The number of imidazole rings is 1. The zero-order valence-corrected chi connectivity index (χ0v) is 16.7. The van der Waals surface area contributed by atoms with Gasteiger partial charge in [-0.3, -0.25) is 9.36 Å². The van der Waals surface area contributed by atoms with Gasteiger partial charge in [0.1, 0.15) is 11.5 Å². The van der Waals surface area contributed by atoms with Crippen molar-refractivity contribution in [1.82, 2.24) is 19.8 Å². The molecule has 0 aliphatic heterocycles. The molecule has 7 heteroatoms. The zero-order valence-electron chi connectivity index (χ0n) is 15.9. The molecule has 0 atom stereocenters. The fourth-order valence-electron chi connectivity index (χ4n) is 3.89. The van der Waals surface area contributed by atoms with E-state index in [0.717, 1.165) is 12.8 Å². The van der Waals surface area contributed by atoms with Crippen molar-refractivity contribution in [2.75, 3.05) is 20.6 Å². The Morgan fingerprint density at radius 2 is 1.85 bits per heavy atom. The van der Waals surface area contributed by atoms with Crippen molar-refractivity contribution >= 4 is 18.1 Å². The number of carbonyl (C=O) groups excluding carboxylic acids is 1. The fraction of sp³-hybridized carbons (Fsp3) is 0.500. The highest BCUT2D eigenvalue weighted by atomic mass is 32.1. The largest absolute Gasteiger partial charge is 0.349 e. The van der Waals surface area contributed by atoms with E-state index >= 15 is 0 Å². The van der Waals surface area contributed by atoms with Crippen molar-refractivity contribution in [3.63, 3.8) is 0 Å². The maximum atomic E-state index is 13.2. The summed E-state index contributed by atoms with van der Waals surface area (Å²) in [5.74, 6) is -0.509. The van der Waals surface area contributed by atoms with Gasteiger partial charge in [0.15, 0.2) is 4.77 Å². The van der Waals surface area contributed by atoms with Gasteiger partial charge < -0.3 is 15.2 Å². The highest BCUT2D eigenvalue weighted by molar-refractivity contribution is 7.71. The predicted molar refractivity (Wildman–Crippen MR) is 107 cm³/mol. The standard InChI is InChI=1S/C20H27FN4OS/c1-24(2)20(11-5-3-4-6-12-20)14-23-18(26)17-13-22-19(27)25(17)16-9-7-15(21)8-10-16/h7-10,13H,3-6,11-12,14H2,1-2H3,(H,22,27)(H,23,26). The molecule has 0 bridgehead atoms. The maximum Gasteiger partial charge on any atom is 0.269 e. The molecule has 1 heterocycles. The SMILES string of the molecule is CN(C)C1(CNC(=O)c2c[nH]c(=S)n2-c2ccc(F)cc2)CCCCCC1. The number of benzene rings is 1. The summed E-state index contributed by atoms with van der Waals surface area (Å²) in [5, 5.41) is 3.11. The van der Waals surface area contributed by atoms with E-state index in [1.807, 2.05) is 0 Å². The first-order chi connectivity index (χ1) is 12.9. The first-order valence-corrected chi connectivity index (χ1v) is 9.86. The maximum absolute atomic E-state index is 13.2. The number of rotatable bonds is 5. The van der Waals surface area contributed by atoms with Gasteiger partial charge in [-0.05, 0) is 63.4 Å². The lowest BCUT2D eigenvalue weighted by Gasteiger charge is -2.39. The first-order valence-electron chi connectivity index (χ1n) is 9.45. The first kappa shape index (κ1) is 19.8. The predicted octanol–water partition coefficient (Wildman–Crippen LogP) is 4.06. The van der Waals surface area contributed by atoms with Crippen LogP contribution in [0.25, 0.3) is 5.69 Å². The molecule has 146 valence electrons. The number of carbonyl (C=O) groups is 1. The minimum Gasteiger partial charge on any atom is -0.349 e.